The van der Waals surface area contributed by atoms with Crippen LogP contribution in [-0.4, -0.2) is 23.3 Å². The van der Waals surface area contributed by atoms with Gasteiger partial charge in [0.1, 0.15) is 0 Å². The first-order valence-electron chi connectivity index (χ1n) is 6.27. The predicted molar refractivity (Wildman–Crippen MR) is 74.1 cm³/mol. The molecule has 0 amide bonds. The molecular formula is C14H20BNO2. The molecule has 1 fully saturated rings. The van der Waals surface area contributed by atoms with Crippen molar-refractivity contribution in [3.05, 3.63) is 35.6 Å². The summed E-state index contributed by atoms with van der Waals surface area (Å²) >= 11 is 0. The number of aryl methyl sites for hydroxylation is 1. The van der Waals surface area contributed by atoms with Crippen LogP contribution in [0.15, 0.2) is 24.3 Å². The third kappa shape index (κ3) is 2.50. The van der Waals surface area contributed by atoms with E-state index >= 15 is 0 Å². The van der Waals surface area contributed by atoms with Crippen LogP contribution < -0.4 is 0 Å². The lowest BCUT2D eigenvalue weighted by atomic mass is 9.89. The highest BCUT2D eigenvalue weighted by molar-refractivity contribution is 6.52. The van der Waals surface area contributed by atoms with E-state index in [1.54, 1.807) is 6.20 Å². The summed E-state index contributed by atoms with van der Waals surface area (Å²) in [5.74, 6) is 1.92. The average Bonchev–Trinajstić information content (AvgIpc) is 2.46. The van der Waals surface area contributed by atoms with E-state index in [0.29, 0.717) is 0 Å². The molecule has 0 bridgehead atoms. The molecule has 0 unspecified atom stereocenters. The summed E-state index contributed by atoms with van der Waals surface area (Å²) in [5.41, 5.74) is 1.51. The van der Waals surface area contributed by atoms with E-state index < -0.39 is 0 Å². The molecule has 0 spiro atoms. The monoisotopic (exact) mass is 245 g/mol. The lowest BCUT2D eigenvalue weighted by Crippen LogP contribution is -2.41. The first kappa shape index (κ1) is 13.3. The fourth-order valence-corrected chi connectivity index (χ4v) is 1.81. The zero-order chi connectivity index (χ0) is 13.4. The number of aromatic nitrogens is 1. The van der Waals surface area contributed by atoms with Gasteiger partial charge in [0.25, 0.3) is 0 Å². The summed E-state index contributed by atoms with van der Waals surface area (Å²) < 4.78 is 11.8. The smallest absolute Gasteiger partial charge is 0.400 e. The Balaban J connectivity index is 2.11. The normalized spacial score (nSPS) is 21.7. The summed E-state index contributed by atoms with van der Waals surface area (Å²) in [6, 6.07) is 3.97. The molecule has 2 heterocycles. The van der Waals surface area contributed by atoms with E-state index in [4.69, 9.17) is 9.31 Å². The van der Waals surface area contributed by atoms with Crippen LogP contribution in [0.3, 0.4) is 0 Å². The molecule has 0 aliphatic carbocycles. The van der Waals surface area contributed by atoms with Gasteiger partial charge in [-0.1, -0.05) is 12.0 Å². The molecule has 18 heavy (non-hydrogen) atoms. The Kier molecular flexibility index (Phi) is 3.34. The summed E-state index contributed by atoms with van der Waals surface area (Å²) in [6.07, 6.45) is 3.74. The predicted octanol–water partition coefficient (Wildman–Crippen LogP) is 3.03. The van der Waals surface area contributed by atoms with Crippen LogP contribution in [0.25, 0.3) is 6.08 Å². The van der Waals surface area contributed by atoms with Gasteiger partial charge in [0.05, 0.1) is 16.9 Å². The molecule has 2 rings (SSSR count). The van der Waals surface area contributed by atoms with Gasteiger partial charge in [0.15, 0.2) is 0 Å². The van der Waals surface area contributed by atoms with Crippen LogP contribution in [0, 0.1) is 6.92 Å². The van der Waals surface area contributed by atoms with Gasteiger partial charge in [-0.3, -0.25) is 4.98 Å². The molecule has 96 valence electrons. The lowest BCUT2D eigenvalue weighted by Gasteiger charge is -2.32. The maximum atomic E-state index is 5.89. The van der Waals surface area contributed by atoms with Crippen LogP contribution in [0.4, 0.5) is 0 Å². The molecule has 3 nitrogen and oxygen atoms in total. The van der Waals surface area contributed by atoms with Crippen LogP contribution in [-0.2, 0) is 9.31 Å². The quantitative estimate of drug-likeness (QED) is 0.750. The first-order chi connectivity index (χ1) is 8.32. The number of pyridine rings is 1. The van der Waals surface area contributed by atoms with Gasteiger partial charge < -0.3 is 9.31 Å². The van der Waals surface area contributed by atoms with E-state index in [0.717, 1.165) is 11.3 Å². The fourth-order valence-electron chi connectivity index (χ4n) is 1.81. The van der Waals surface area contributed by atoms with E-state index in [-0.39, 0.29) is 18.3 Å². The molecule has 1 aliphatic heterocycles. The van der Waals surface area contributed by atoms with E-state index in [1.807, 2.05) is 58.8 Å². The molecule has 0 N–H and O–H groups in total. The topological polar surface area (TPSA) is 31.4 Å². The average molecular weight is 245 g/mol. The Morgan fingerprint density at radius 2 is 1.78 bits per heavy atom. The van der Waals surface area contributed by atoms with Crippen molar-refractivity contribution in [1.82, 2.24) is 4.98 Å². The minimum Gasteiger partial charge on any atom is -0.400 e. The molecule has 1 aromatic heterocycles. The van der Waals surface area contributed by atoms with Crippen molar-refractivity contribution in [2.24, 2.45) is 0 Å². The van der Waals surface area contributed by atoms with Crippen molar-refractivity contribution in [3.63, 3.8) is 0 Å². The number of nitrogens with zero attached hydrogens (tertiary/aromatic N) is 1. The third-order valence-electron chi connectivity index (χ3n) is 3.73. The van der Waals surface area contributed by atoms with Crippen molar-refractivity contribution in [2.45, 2.75) is 45.8 Å². The Morgan fingerprint density at radius 3 is 2.33 bits per heavy atom. The zero-order valence-electron chi connectivity index (χ0n) is 11.7. The Bertz CT molecular complexity index is 453. The molecule has 0 radical (unpaired) electrons. The van der Waals surface area contributed by atoms with Crippen LogP contribution in [0.5, 0.6) is 0 Å². The Morgan fingerprint density at radius 1 is 1.17 bits per heavy atom. The molecule has 1 saturated heterocycles. The van der Waals surface area contributed by atoms with Gasteiger partial charge in [-0.05, 0) is 52.3 Å². The number of hydrogen-bond acceptors (Lipinski definition) is 3. The standard InChI is InChI=1S/C14H20BNO2/c1-11-7-6-10-16-12(11)8-9-15-17-13(2,3)14(4,5)18-15/h6-10H,1-5H3/b9-8+. The van der Waals surface area contributed by atoms with E-state index in [2.05, 4.69) is 4.98 Å². The third-order valence-corrected chi connectivity index (χ3v) is 3.73. The second kappa shape index (κ2) is 4.52. The van der Waals surface area contributed by atoms with E-state index in [1.165, 1.54) is 0 Å². The highest BCUT2D eigenvalue weighted by Gasteiger charge is 2.49. The van der Waals surface area contributed by atoms with Crippen LogP contribution >= 0.6 is 0 Å². The molecule has 1 aromatic rings. The summed E-state index contributed by atoms with van der Waals surface area (Å²) in [4.78, 5) is 4.31. The van der Waals surface area contributed by atoms with Gasteiger partial charge >= 0.3 is 7.12 Å². The maximum Gasteiger partial charge on any atom is 0.487 e. The fraction of sp³-hybridized carbons (Fsp3) is 0.500. The Hall–Kier alpha value is -1.13. The minimum atomic E-state index is -0.309. The molecule has 0 aromatic carbocycles. The van der Waals surface area contributed by atoms with Gasteiger partial charge in [0, 0.05) is 6.20 Å². The SMILES string of the molecule is Cc1cccnc1/C=C/B1OC(C)(C)C(C)(C)O1. The second-order valence-corrected chi connectivity index (χ2v) is 5.69. The largest absolute Gasteiger partial charge is 0.487 e. The number of hydrogen-bond donors (Lipinski definition) is 0. The maximum absolute atomic E-state index is 5.89. The van der Waals surface area contributed by atoms with Gasteiger partial charge in [-0.2, -0.15) is 0 Å². The highest BCUT2D eigenvalue weighted by Crippen LogP contribution is 2.36. The molecule has 0 saturated carbocycles. The van der Waals surface area contributed by atoms with Crippen LogP contribution in [0.2, 0.25) is 0 Å². The first-order valence-corrected chi connectivity index (χ1v) is 6.27. The lowest BCUT2D eigenvalue weighted by molar-refractivity contribution is 0.00578. The molecule has 1 aliphatic rings. The van der Waals surface area contributed by atoms with Crippen molar-refractivity contribution < 1.29 is 9.31 Å². The molecule has 0 atom stereocenters. The van der Waals surface area contributed by atoms with Crippen LogP contribution in [0.1, 0.15) is 39.0 Å². The number of rotatable bonds is 2. The summed E-state index contributed by atoms with van der Waals surface area (Å²) in [6.45, 7) is 10.2. The van der Waals surface area contributed by atoms with E-state index in [9.17, 15) is 0 Å². The minimum absolute atomic E-state index is 0.291. The van der Waals surface area contributed by atoms with Gasteiger partial charge in [0.2, 0.25) is 0 Å². The van der Waals surface area contributed by atoms with Crippen molar-refractivity contribution in [3.8, 4) is 0 Å². The molecular weight excluding hydrogens is 225 g/mol. The highest BCUT2D eigenvalue weighted by atomic mass is 16.7. The van der Waals surface area contributed by atoms with Gasteiger partial charge in [-0.25, -0.2) is 0 Å². The van der Waals surface area contributed by atoms with Gasteiger partial charge in [-0.15, -0.1) is 0 Å². The molecule has 4 heteroatoms. The van der Waals surface area contributed by atoms with Crippen molar-refractivity contribution in [2.75, 3.05) is 0 Å². The summed E-state index contributed by atoms with van der Waals surface area (Å²) in [5, 5.41) is 0. The second-order valence-electron chi connectivity index (χ2n) is 5.69. The van der Waals surface area contributed by atoms with Crippen molar-refractivity contribution >= 4 is 13.2 Å². The van der Waals surface area contributed by atoms with Crippen molar-refractivity contribution in [1.29, 1.82) is 0 Å². The zero-order valence-corrected chi connectivity index (χ0v) is 11.7. The summed E-state index contributed by atoms with van der Waals surface area (Å²) in [7, 11) is -0.309. The Labute approximate surface area is 109 Å².